The molecule has 4 N–H and O–H groups in total. The summed E-state index contributed by atoms with van der Waals surface area (Å²) in [7, 11) is -3.64. The number of halogens is 2. The van der Waals surface area contributed by atoms with Gasteiger partial charge in [0.2, 0.25) is 5.95 Å². The Morgan fingerprint density at radius 3 is 2.55 bits per heavy atom. The number of nitrogens with two attached hydrogens (primary N) is 1. The molecule has 0 atom stereocenters. The van der Waals surface area contributed by atoms with Gasteiger partial charge in [-0.2, -0.15) is 13.4 Å². The number of anilines is 3. The molecule has 12 heteroatoms. The Labute approximate surface area is 182 Å². The maximum Gasteiger partial charge on any atom is 0.306 e. The fraction of sp³-hybridized carbons (Fsp3) is 0.105. The predicted molar refractivity (Wildman–Crippen MR) is 114 cm³/mol. The standard InChI is InChI=1S/C19H17ClFN5O4S/c1-31(28,29)30-12-7-5-11(6-8-12)25-19-24-10-14(17(22)27)18(26-19)23-9-13-15(20)3-2-4-16(13)21/h2-8,10H,9H2,1H3,(H2,22,27)(H2,23,24,25,26). The first-order valence-electron chi connectivity index (χ1n) is 8.72. The number of rotatable bonds is 8. The van der Waals surface area contributed by atoms with Crippen LogP contribution in [0.5, 0.6) is 5.75 Å². The highest BCUT2D eigenvalue weighted by molar-refractivity contribution is 7.86. The second kappa shape index (κ2) is 9.14. The molecule has 1 aromatic heterocycles. The van der Waals surface area contributed by atoms with E-state index in [9.17, 15) is 17.6 Å². The maximum absolute atomic E-state index is 14.0. The Morgan fingerprint density at radius 2 is 1.94 bits per heavy atom. The van der Waals surface area contributed by atoms with E-state index < -0.39 is 21.8 Å². The molecule has 0 bridgehead atoms. The molecule has 0 unspecified atom stereocenters. The van der Waals surface area contributed by atoms with Crippen LogP contribution in [0.25, 0.3) is 0 Å². The molecule has 0 aliphatic rings. The zero-order valence-electron chi connectivity index (χ0n) is 16.1. The van der Waals surface area contributed by atoms with Crippen LogP contribution >= 0.6 is 11.6 Å². The summed E-state index contributed by atoms with van der Waals surface area (Å²) in [5, 5.41) is 5.97. The van der Waals surface area contributed by atoms with Crippen molar-refractivity contribution >= 4 is 45.1 Å². The summed E-state index contributed by atoms with van der Waals surface area (Å²) in [6.45, 7) is -0.0419. The molecule has 3 rings (SSSR count). The zero-order chi connectivity index (χ0) is 22.6. The molecule has 0 spiro atoms. The van der Waals surface area contributed by atoms with Gasteiger partial charge in [0.1, 0.15) is 17.4 Å². The third-order valence-electron chi connectivity index (χ3n) is 3.91. The van der Waals surface area contributed by atoms with E-state index in [4.69, 9.17) is 21.5 Å². The second-order valence-electron chi connectivity index (χ2n) is 6.31. The van der Waals surface area contributed by atoms with E-state index in [-0.39, 0.29) is 40.2 Å². The number of primary amides is 1. The van der Waals surface area contributed by atoms with Crippen molar-refractivity contribution in [3.63, 3.8) is 0 Å². The molecular formula is C19H17ClFN5O4S. The Kier molecular flexibility index (Phi) is 6.56. The first-order chi connectivity index (χ1) is 14.6. The highest BCUT2D eigenvalue weighted by Gasteiger charge is 2.14. The van der Waals surface area contributed by atoms with Gasteiger partial charge in [0.15, 0.2) is 0 Å². The summed E-state index contributed by atoms with van der Waals surface area (Å²) >= 11 is 6.02. The summed E-state index contributed by atoms with van der Waals surface area (Å²) < 4.78 is 41.1. The topological polar surface area (TPSA) is 136 Å². The highest BCUT2D eigenvalue weighted by atomic mass is 35.5. The molecule has 1 heterocycles. The van der Waals surface area contributed by atoms with Crippen molar-refractivity contribution in [1.82, 2.24) is 9.97 Å². The van der Waals surface area contributed by atoms with Gasteiger partial charge in [0, 0.05) is 29.0 Å². The summed E-state index contributed by atoms with van der Waals surface area (Å²) in [6, 6.07) is 10.3. The molecule has 0 radical (unpaired) electrons. The quantitative estimate of drug-likeness (QED) is 0.432. The monoisotopic (exact) mass is 465 g/mol. The molecule has 3 aromatic rings. The summed E-state index contributed by atoms with van der Waals surface area (Å²) in [6.07, 6.45) is 2.17. The fourth-order valence-electron chi connectivity index (χ4n) is 2.53. The van der Waals surface area contributed by atoms with Crippen molar-refractivity contribution in [2.75, 3.05) is 16.9 Å². The van der Waals surface area contributed by atoms with E-state index in [2.05, 4.69) is 20.6 Å². The third kappa shape index (κ3) is 6.03. The molecular weight excluding hydrogens is 449 g/mol. The van der Waals surface area contributed by atoms with Crippen molar-refractivity contribution in [2.45, 2.75) is 6.54 Å². The lowest BCUT2D eigenvalue weighted by Crippen LogP contribution is -2.17. The number of carbonyl (C=O) groups is 1. The molecule has 2 aromatic carbocycles. The predicted octanol–water partition coefficient (Wildman–Crippen LogP) is 3.06. The Hall–Kier alpha value is -3.44. The molecule has 0 aliphatic carbocycles. The number of aromatic nitrogens is 2. The molecule has 31 heavy (non-hydrogen) atoms. The van der Waals surface area contributed by atoms with Crippen molar-refractivity contribution < 1.29 is 21.8 Å². The Morgan fingerprint density at radius 1 is 1.23 bits per heavy atom. The normalized spacial score (nSPS) is 11.1. The Balaban J connectivity index is 1.80. The highest BCUT2D eigenvalue weighted by Crippen LogP contribution is 2.23. The first-order valence-corrected chi connectivity index (χ1v) is 10.9. The number of benzene rings is 2. The van der Waals surface area contributed by atoms with Crippen LogP contribution in [0.2, 0.25) is 5.02 Å². The lowest BCUT2D eigenvalue weighted by molar-refractivity contribution is 0.100. The third-order valence-corrected chi connectivity index (χ3v) is 4.76. The van der Waals surface area contributed by atoms with Gasteiger partial charge in [-0.15, -0.1) is 0 Å². The van der Waals surface area contributed by atoms with Crippen molar-refractivity contribution in [3.05, 3.63) is 70.6 Å². The summed E-state index contributed by atoms with van der Waals surface area (Å²) in [4.78, 5) is 20.0. The van der Waals surface area contributed by atoms with Gasteiger partial charge >= 0.3 is 10.1 Å². The molecule has 9 nitrogen and oxygen atoms in total. The lowest BCUT2D eigenvalue weighted by atomic mass is 10.2. The number of nitrogens with one attached hydrogen (secondary N) is 2. The van der Waals surface area contributed by atoms with E-state index in [0.717, 1.165) is 6.26 Å². The van der Waals surface area contributed by atoms with Gasteiger partial charge in [-0.3, -0.25) is 4.79 Å². The van der Waals surface area contributed by atoms with Crippen molar-refractivity contribution in [1.29, 1.82) is 0 Å². The molecule has 162 valence electrons. The van der Waals surface area contributed by atoms with Gasteiger partial charge in [-0.25, -0.2) is 9.37 Å². The molecule has 0 fully saturated rings. The van der Waals surface area contributed by atoms with E-state index in [1.165, 1.54) is 30.5 Å². The van der Waals surface area contributed by atoms with Crippen LogP contribution in [0.1, 0.15) is 15.9 Å². The SMILES string of the molecule is CS(=O)(=O)Oc1ccc(Nc2ncc(C(N)=O)c(NCc3c(F)cccc3Cl)n2)cc1. The zero-order valence-corrected chi connectivity index (χ0v) is 17.7. The molecule has 0 saturated carbocycles. The maximum atomic E-state index is 14.0. The van der Waals surface area contributed by atoms with Crippen LogP contribution in [0, 0.1) is 5.82 Å². The first kappa shape index (κ1) is 22.2. The second-order valence-corrected chi connectivity index (χ2v) is 8.29. The van der Waals surface area contributed by atoms with E-state index >= 15 is 0 Å². The van der Waals surface area contributed by atoms with Crippen molar-refractivity contribution in [3.8, 4) is 5.75 Å². The Bertz CT molecular complexity index is 1200. The fourth-order valence-corrected chi connectivity index (χ4v) is 3.22. The summed E-state index contributed by atoms with van der Waals surface area (Å²) in [5.41, 5.74) is 6.11. The number of hydrogen-bond acceptors (Lipinski definition) is 8. The van der Waals surface area contributed by atoms with Gasteiger partial charge in [-0.1, -0.05) is 17.7 Å². The van der Waals surface area contributed by atoms with Crippen molar-refractivity contribution in [2.24, 2.45) is 5.73 Å². The molecule has 0 saturated heterocycles. The number of amides is 1. The minimum absolute atomic E-state index is 0.00918. The van der Waals surface area contributed by atoms with E-state index in [0.29, 0.717) is 5.69 Å². The molecule has 1 amide bonds. The number of carbonyl (C=O) groups excluding carboxylic acids is 1. The average Bonchev–Trinajstić information content (AvgIpc) is 2.68. The van der Waals surface area contributed by atoms with Crippen LogP contribution in [0.3, 0.4) is 0 Å². The van der Waals surface area contributed by atoms with Crippen LogP contribution in [-0.4, -0.2) is 30.5 Å². The smallest absolute Gasteiger partial charge is 0.306 e. The van der Waals surface area contributed by atoms with E-state index in [1.54, 1.807) is 18.2 Å². The number of hydrogen-bond donors (Lipinski definition) is 3. The minimum atomic E-state index is -3.64. The average molecular weight is 466 g/mol. The number of nitrogens with zero attached hydrogens (tertiary/aromatic N) is 2. The van der Waals surface area contributed by atoms with Gasteiger partial charge in [-0.05, 0) is 36.4 Å². The van der Waals surface area contributed by atoms with Crippen LogP contribution in [0.15, 0.2) is 48.7 Å². The van der Waals surface area contributed by atoms with E-state index in [1.807, 2.05) is 0 Å². The largest absolute Gasteiger partial charge is 0.383 e. The lowest BCUT2D eigenvalue weighted by Gasteiger charge is -2.13. The van der Waals surface area contributed by atoms with Gasteiger partial charge in [0.05, 0.1) is 11.8 Å². The van der Waals surface area contributed by atoms with Crippen LogP contribution in [0.4, 0.5) is 21.8 Å². The minimum Gasteiger partial charge on any atom is -0.383 e. The molecule has 0 aliphatic heterocycles. The van der Waals surface area contributed by atoms with Crippen LogP contribution in [-0.2, 0) is 16.7 Å². The van der Waals surface area contributed by atoms with Gasteiger partial charge in [0.25, 0.3) is 5.91 Å². The van der Waals surface area contributed by atoms with Gasteiger partial charge < -0.3 is 20.6 Å². The van der Waals surface area contributed by atoms with Crippen LogP contribution < -0.4 is 20.6 Å². The summed E-state index contributed by atoms with van der Waals surface area (Å²) in [5.74, 6) is -0.937.